The topological polar surface area (TPSA) is 38.0 Å². The zero-order chi connectivity index (χ0) is 14.7. The van der Waals surface area contributed by atoms with Crippen molar-refractivity contribution in [2.24, 2.45) is 11.1 Å². The quantitative estimate of drug-likeness (QED) is 0.839. The van der Waals surface area contributed by atoms with Gasteiger partial charge in [-0.25, -0.2) is 0 Å². The van der Waals surface area contributed by atoms with Gasteiger partial charge in [-0.3, -0.25) is 0 Å². The normalized spacial score (nSPS) is 12.6. The Morgan fingerprint density at radius 1 is 1.11 bits per heavy atom. The minimum atomic E-state index is 0.210. The number of rotatable bonds is 5. The fraction of sp³-hybridized carbons (Fsp3) is 0.647. The predicted octanol–water partition coefficient (Wildman–Crippen LogP) is 4.08. The molecule has 108 valence electrons. The van der Waals surface area contributed by atoms with Crippen molar-refractivity contribution in [3.63, 3.8) is 0 Å². The van der Waals surface area contributed by atoms with Gasteiger partial charge >= 0.3 is 0 Å². The second-order valence-electron chi connectivity index (χ2n) is 7.34. The zero-order valence-corrected chi connectivity index (χ0v) is 13.4. The van der Waals surface area contributed by atoms with Crippen molar-refractivity contribution < 1.29 is 0 Å². The zero-order valence-electron chi connectivity index (χ0n) is 13.4. The van der Waals surface area contributed by atoms with Gasteiger partial charge in [0.15, 0.2) is 0 Å². The first kappa shape index (κ1) is 16.0. The molecule has 0 aliphatic rings. The molecule has 19 heavy (non-hydrogen) atoms. The average molecular weight is 262 g/mol. The van der Waals surface area contributed by atoms with E-state index >= 15 is 0 Å². The lowest BCUT2D eigenvalue weighted by molar-refractivity contribution is 0.365. The molecule has 2 nitrogen and oxygen atoms in total. The molecule has 0 spiro atoms. The summed E-state index contributed by atoms with van der Waals surface area (Å²) >= 11 is 0. The predicted molar refractivity (Wildman–Crippen MR) is 85.8 cm³/mol. The van der Waals surface area contributed by atoms with Gasteiger partial charge in [0, 0.05) is 12.2 Å². The highest BCUT2D eigenvalue weighted by molar-refractivity contribution is 5.53. The summed E-state index contributed by atoms with van der Waals surface area (Å²) in [6.07, 6.45) is 1.04. The number of benzene rings is 1. The van der Waals surface area contributed by atoms with Crippen LogP contribution in [0.4, 0.5) is 5.69 Å². The maximum atomic E-state index is 5.65. The van der Waals surface area contributed by atoms with Crippen LogP contribution in [-0.2, 0) is 5.41 Å². The molecule has 0 fully saturated rings. The molecule has 0 heterocycles. The second kappa shape index (κ2) is 5.96. The monoisotopic (exact) mass is 262 g/mol. The van der Waals surface area contributed by atoms with Crippen LogP contribution in [0.15, 0.2) is 18.2 Å². The highest BCUT2D eigenvalue weighted by Crippen LogP contribution is 2.27. The highest BCUT2D eigenvalue weighted by Gasteiger charge is 2.18. The molecule has 3 N–H and O–H groups in total. The molecule has 0 bridgehead atoms. The first-order valence-electron chi connectivity index (χ1n) is 7.21. The van der Waals surface area contributed by atoms with E-state index in [0.29, 0.717) is 0 Å². The van der Waals surface area contributed by atoms with Crippen LogP contribution in [0.25, 0.3) is 0 Å². The van der Waals surface area contributed by atoms with Gasteiger partial charge < -0.3 is 11.1 Å². The third-order valence-electron chi connectivity index (χ3n) is 3.67. The molecule has 0 amide bonds. The van der Waals surface area contributed by atoms with E-state index in [4.69, 9.17) is 5.73 Å². The number of anilines is 1. The van der Waals surface area contributed by atoms with Gasteiger partial charge in [-0.05, 0) is 47.9 Å². The van der Waals surface area contributed by atoms with Crippen LogP contribution in [0.2, 0.25) is 0 Å². The van der Waals surface area contributed by atoms with Crippen LogP contribution >= 0.6 is 0 Å². The van der Waals surface area contributed by atoms with Gasteiger partial charge in [-0.15, -0.1) is 0 Å². The summed E-state index contributed by atoms with van der Waals surface area (Å²) in [6, 6.07) is 6.72. The molecule has 1 aromatic carbocycles. The highest BCUT2D eigenvalue weighted by atomic mass is 14.9. The van der Waals surface area contributed by atoms with Crippen LogP contribution < -0.4 is 11.1 Å². The van der Waals surface area contributed by atoms with Crippen molar-refractivity contribution in [3.05, 3.63) is 29.3 Å². The molecule has 0 unspecified atom stereocenters. The van der Waals surface area contributed by atoms with Gasteiger partial charge in [0.1, 0.15) is 0 Å². The molecule has 0 aromatic heterocycles. The Balaban J connectivity index is 2.76. The Bertz CT molecular complexity index is 414. The Kier molecular flexibility index (Phi) is 5.03. The number of nitrogens with two attached hydrogens (primary N) is 1. The van der Waals surface area contributed by atoms with E-state index in [-0.39, 0.29) is 10.8 Å². The van der Waals surface area contributed by atoms with E-state index in [9.17, 15) is 0 Å². The van der Waals surface area contributed by atoms with Gasteiger partial charge in [0.25, 0.3) is 0 Å². The summed E-state index contributed by atoms with van der Waals surface area (Å²) in [5.41, 5.74) is 10.0. The van der Waals surface area contributed by atoms with Gasteiger partial charge in [0.05, 0.1) is 0 Å². The van der Waals surface area contributed by atoms with Crippen LogP contribution in [0, 0.1) is 12.3 Å². The lowest BCUT2D eigenvalue weighted by Crippen LogP contribution is -2.26. The summed E-state index contributed by atoms with van der Waals surface area (Å²) in [5.74, 6) is 0. The second-order valence-corrected chi connectivity index (χ2v) is 7.34. The van der Waals surface area contributed by atoms with E-state index in [1.54, 1.807) is 0 Å². The maximum absolute atomic E-state index is 5.65. The molecule has 2 heteroatoms. The number of aryl methyl sites for hydroxylation is 1. The van der Waals surface area contributed by atoms with Crippen molar-refractivity contribution in [2.45, 2.75) is 53.4 Å². The smallest absolute Gasteiger partial charge is 0.0370 e. The van der Waals surface area contributed by atoms with Crippen LogP contribution in [0.1, 0.15) is 52.2 Å². The summed E-state index contributed by atoms with van der Waals surface area (Å²) in [5, 5.41) is 3.56. The number of hydrogen-bond donors (Lipinski definition) is 2. The Morgan fingerprint density at radius 3 is 2.21 bits per heavy atom. The summed E-state index contributed by atoms with van der Waals surface area (Å²) in [6.45, 7) is 15.1. The van der Waals surface area contributed by atoms with Crippen LogP contribution in [0.5, 0.6) is 0 Å². The van der Waals surface area contributed by atoms with Crippen molar-refractivity contribution in [1.29, 1.82) is 0 Å². The SMILES string of the molecule is Cc1cc(C(C)(C)C)ccc1NCC(C)(C)CCN. The lowest BCUT2D eigenvalue weighted by atomic mass is 9.85. The molecular formula is C17H30N2. The van der Waals surface area contributed by atoms with Gasteiger partial charge in [-0.2, -0.15) is 0 Å². The Hall–Kier alpha value is -1.02. The molecule has 0 saturated heterocycles. The summed E-state index contributed by atoms with van der Waals surface area (Å²) < 4.78 is 0. The fourth-order valence-corrected chi connectivity index (χ4v) is 2.14. The van der Waals surface area contributed by atoms with Crippen molar-refractivity contribution >= 4 is 5.69 Å². The number of hydrogen-bond acceptors (Lipinski definition) is 2. The fourth-order valence-electron chi connectivity index (χ4n) is 2.14. The van der Waals surface area contributed by atoms with Crippen LogP contribution in [0.3, 0.4) is 0 Å². The average Bonchev–Trinajstić information content (AvgIpc) is 2.26. The molecule has 0 radical (unpaired) electrons. The number of nitrogens with one attached hydrogen (secondary N) is 1. The third-order valence-corrected chi connectivity index (χ3v) is 3.67. The molecule has 0 atom stereocenters. The minimum Gasteiger partial charge on any atom is -0.384 e. The summed E-state index contributed by atoms with van der Waals surface area (Å²) in [7, 11) is 0. The van der Waals surface area contributed by atoms with E-state index in [2.05, 4.69) is 65.1 Å². The molecule has 0 aliphatic heterocycles. The van der Waals surface area contributed by atoms with Crippen molar-refractivity contribution in [3.8, 4) is 0 Å². The van der Waals surface area contributed by atoms with Gasteiger partial charge in [-0.1, -0.05) is 46.8 Å². The van der Waals surface area contributed by atoms with E-state index in [1.165, 1.54) is 16.8 Å². The van der Waals surface area contributed by atoms with E-state index < -0.39 is 0 Å². The first-order valence-corrected chi connectivity index (χ1v) is 7.21. The van der Waals surface area contributed by atoms with Crippen LogP contribution in [-0.4, -0.2) is 13.1 Å². The molecule has 0 saturated carbocycles. The Labute approximate surface area is 118 Å². The molecule has 1 aromatic rings. The van der Waals surface area contributed by atoms with Gasteiger partial charge in [0.2, 0.25) is 0 Å². The summed E-state index contributed by atoms with van der Waals surface area (Å²) in [4.78, 5) is 0. The largest absolute Gasteiger partial charge is 0.384 e. The third kappa shape index (κ3) is 4.87. The Morgan fingerprint density at radius 2 is 1.74 bits per heavy atom. The first-order chi connectivity index (χ1) is 8.65. The minimum absolute atomic E-state index is 0.210. The molecule has 0 aliphatic carbocycles. The van der Waals surface area contributed by atoms with Crippen molar-refractivity contribution in [2.75, 3.05) is 18.4 Å². The molecular weight excluding hydrogens is 232 g/mol. The van der Waals surface area contributed by atoms with Crippen molar-refractivity contribution in [1.82, 2.24) is 0 Å². The lowest BCUT2D eigenvalue weighted by Gasteiger charge is -2.26. The van der Waals surface area contributed by atoms with E-state index in [1.807, 2.05) is 0 Å². The maximum Gasteiger partial charge on any atom is 0.0370 e. The van der Waals surface area contributed by atoms with E-state index in [0.717, 1.165) is 19.5 Å². The molecule has 1 rings (SSSR count). The standard InChI is InChI=1S/C17H30N2/c1-13-11-14(16(2,3)4)7-8-15(13)19-12-17(5,6)9-10-18/h7-8,11,19H,9-10,12,18H2,1-6H3.